The zero-order valence-corrected chi connectivity index (χ0v) is 17.6. The molecular weight excluding hydrogens is 366 g/mol. The fraction of sp³-hybridized carbons (Fsp3) is 0.545. The molecule has 0 atom stereocenters. The smallest absolute Gasteiger partial charge is 0.191 e. The summed E-state index contributed by atoms with van der Waals surface area (Å²) in [7, 11) is 1.69. The fourth-order valence-electron chi connectivity index (χ4n) is 3.54. The Labute approximate surface area is 173 Å². The minimum atomic E-state index is 0.280. The predicted octanol–water partition coefficient (Wildman–Crippen LogP) is 3.36. The van der Waals surface area contributed by atoms with E-state index in [1.165, 1.54) is 12.8 Å². The fourth-order valence-corrected chi connectivity index (χ4v) is 3.54. The number of aromatic nitrogens is 2. The average Bonchev–Trinajstić information content (AvgIpc) is 3.44. The van der Waals surface area contributed by atoms with Crippen molar-refractivity contribution in [3.8, 4) is 11.5 Å². The molecule has 1 aliphatic carbocycles. The molecule has 0 bridgehead atoms. The molecule has 2 N–H and O–H groups in total. The van der Waals surface area contributed by atoms with Gasteiger partial charge in [-0.3, -0.25) is 4.68 Å². The van der Waals surface area contributed by atoms with Crippen LogP contribution in [0.1, 0.15) is 44.6 Å². The summed E-state index contributed by atoms with van der Waals surface area (Å²) < 4.78 is 13.8. The van der Waals surface area contributed by atoms with Gasteiger partial charge in [0, 0.05) is 37.6 Å². The van der Waals surface area contributed by atoms with Crippen LogP contribution in [0.4, 0.5) is 0 Å². The number of nitrogens with one attached hydrogen (secondary N) is 2. The van der Waals surface area contributed by atoms with Gasteiger partial charge in [0.2, 0.25) is 0 Å². The summed E-state index contributed by atoms with van der Waals surface area (Å²) in [5.74, 6) is 2.42. The molecule has 1 heterocycles. The highest BCUT2D eigenvalue weighted by atomic mass is 16.5. The number of aliphatic imine (C=N–C) groups is 1. The van der Waals surface area contributed by atoms with Crippen molar-refractivity contribution < 1.29 is 9.47 Å². The highest BCUT2D eigenvalue weighted by Crippen LogP contribution is 2.35. The molecule has 7 heteroatoms. The molecule has 1 saturated carbocycles. The van der Waals surface area contributed by atoms with Gasteiger partial charge in [-0.25, -0.2) is 4.99 Å². The Morgan fingerprint density at radius 2 is 2.10 bits per heavy atom. The summed E-state index contributed by atoms with van der Waals surface area (Å²) in [5, 5.41) is 10.9. The molecule has 158 valence electrons. The van der Waals surface area contributed by atoms with Crippen molar-refractivity contribution in [1.82, 2.24) is 20.4 Å². The SMILES string of the molecule is CCNC(=NCc1cccc(OC)c1OC1CCCC1)NCCCn1cccn1. The molecule has 1 fully saturated rings. The topological polar surface area (TPSA) is 72.7 Å². The lowest BCUT2D eigenvalue weighted by atomic mass is 10.1. The van der Waals surface area contributed by atoms with Gasteiger partial charge in [-0.05, 0) is 51.2 Å². The molecule has 0 spiro atoms. The lowest BCUT2D eigenvalue weighted by Gasteiger charge is -2.19. The Kier molecular flexibility index (Phi) is 8.22. The van der Waals surface area contributed by atoms with E-state index in [0.717, 1.165) is 61.9 Å². The first-order valence-electron chi connectivity index (χ1n) is 10.6. The molecule has 1 aliphatic rings. The minimum Gasteiger partial charge on any atom is -0.493 e. The van der Waals surface area contributed by atoms with Gasteiger partial charge in [0.25, 0.3) is 0 Å². The second-order valence-corrected chi connectivity index (χ2v) is 7.22. The van der Waals surface area contributed by atoms with Crippen molar-refractivity contribution in [2.24, 2.45) is 4.99 Å². The third-order valence-corrected chi connectivity index (χ3v) is 5.03. The minimum absolute atomic E-state index is 0.280. The summed E-state index contributed by atoms with van der Waals surface area (Å²) >= 11 is 0. The largest absolute Gasteiger partial charge is 0.493 e. The van der Waals surface area contributed by atoms with Crippen molar-refractivity contribution in [2.45, 2.75) is 58.2 Å². The van der Waals surface area contributed by atoms with Crippen LogP contribution in [-0.2, 0) is 13.1 Å². The molecule has 0 radical (unpaired) electrons. The first-order chi connectivity index (χ1) is 14.3. The van der Waals surface area contributed by atoms with Crippen molar-refractivity contribution >= 4 is 5.96 Å². The molecule has 1 aromatic heterocycles. The van der Waals surface area contributed by atoms with Gasteiger partial charge in [0.1, 0.15) is 0 Å². The highest BCUT2D eigenvalue weighted by molar-refractivity contribution is 5.79. The van der Waals surface area contributed by atoms with Gasteiger partial charge in [-0.2, -0.15) is 5.10 Å². The first kappa shape index (κ1) is 21.0. The van der Waals surface area contributed by atoms with Crippen LogP contribution >= 0.6 is 0 Å². The molecule has 2 aromatic rings. The molecule has 7 nitrogen and oxygen atoms in total. The van der Waals surface area contributed by atoms with E-state index in [1.54, 1.807) is 13.3 Å². The van der Waals surface area contributed by atoms with Gasteiger partial charge in [0.15, 0.2) is 17.5 Å². The predicted molar refractivity (Wildman–Crippen MR) is 116 cm³/mol. The highest BCUT2D eigenvalue weighted by Gasteiger charge is 2.20. The summed E-state index contributed by atoms with van der Waals surface area (Å²) in [5.41, 5.74) is 1.05. The van der Waals surface area contributed by atoms with Crippen molar-refractivity contribution in [2.75, 3.05) is 20.2 Å². The van der Waals surface area contributed by atoms with Crippen LogP contribution in [0.2, 0.25) is 0 Å². The molecule has 3 rings (SSSR count). The van der Waals surface area contributed by atoms with E-state index in [2.05, 4.69) is 28.7 Å². The van der Waals surface area contributed by atoms with Crippen molar-refractivity contribution in [1.29, 1.82) is 0 Å². The van der Waals surface area contributed by atoms with Gasteiger partial charge < -0.3 is 20.1 Å². The Bertz CT molecular complexity index is 755. The molecule has 29 heavy (non-hydrogen) atoms. The number of rotatable bonds is 10. The average molecular weight is 400 g/mol. The number of para-hydroxylation sites is 1. The standard InChI is InChI=1S/C22H33N5O2/c1-3-23-22(24-13-7-15-27-16-8-14-26-27)25-17-18-9-6-12-20(28-2)21(18)29-19-10-4-5-11-19/h6,8-9,12,14,16,19H,3-5,7,10-11,13,15,17H2,1-2H3,(H2,23,24,25). The number of aryl methyl sites for hydroxylation is 1. The van der Waals surface area contributed by atoms with E-state index in [4.69, 9.17) is 14.5 Å². The number of hydrogen-bond donors (Lipinski definition) is 2. The van der Waals surface area contributed by atoms with Crippen LogP contribution < -0.4 is 20.1 Å². The van der Waals surface area contributed by atoms with Crippen LogP contribution in [0.3, 0.4) is 0 Å². The van der Waals surface area contributed by atoms with Gasteiger partial charge in [0.05, 0.1) is 19.8 Å². The van der Waals surface area contributed by atoms with E-state index < -0.39 is 0 Å². The van der Waals surface area contributed by atoms with Crippen molar-refractivity contribution in [3.05, 3.63) is 42.2 Å². The van der Waals surface area contributed by atoms with Crippen molar-refractivity contribution in [3.63, 3.8) is 0 Å². The van der Waals surface area contributed by atoms with Crippen LogP contribution in [-0.4, -0.2) is 42.0 Å². The van der Waals surface area contributed by atoms with Crippen LogP contribution in [0.15, 0.2) is 41.7 Å². The second kappa shape index (κ2) is 11.3. The molecule has 1 aromatic carbocycles. The van der Waals surface area contributed by atoms with Crippen LogP contribution in [0, 0.1) is 0 Å². The summed E-state index contributed by atoms with van der Waals surface area (Å²) in [6.07, 6.45) is 9.74. The van der Waals surface area contributed by atoms with E-state index >= 15 is 0 Å². The first-order valence-corrected chi connectivity index (χ1v) is 10.6. The van der Waals surface area contributed by atoms with Crippen LogP contribution in [0.25, 0.3) is 0 Å². The van der Waals surface area contributed by atoms with Crippen LogP contribution in [0.5, 0.6) is 11.5 Å². The Morgan fingerprint density at radius 3 is 2.83 bits per heavy atom. The third kappa shape index (κ3) is 6.41. The van der Waals surface area contributed by atoms with E-state index in [-0.39, 0.29) is 6.10 Å². The summed E-state index contributed by atoms with van der Waals surface area (Å²) in [6.45, 7) is 5.13. The maximum absolute atomic E-state index is 6.32. The normalized spacial score (nSPS) is 14.8. The Morgan fingerprint density at radius 1 is 1.24 bits per heavy atom. The third-order valence-electron chi connectivity index (χ3n) is 5.03. The zero-order chi connectivity index (χ0) is 20.3. The second-order valence-electron chi connectivity index (χ2n) is 7.22. The maximum Gasteiger partial charge on any atom is 0.191 e. The van der Waals surface area contributed by atoms with Gasteiger partial charge in [-0.1, -0.05) is 12.1 Å². The monoisotopic (exact) mass is 399 g/mol. The Hall–Kier alpha value is -2.70. The van der Waals surface area contributed by atoms with E-state index in [0.29, 0.717) is 6.54 Å². The van der Waals surface area contributed by atoms with E-state index in [9.17, 15) is 0 Å². The Balaban J connectivity index is 1.61. The number of hydrogen-bond acceptors (Lipinski definition) is 4. The maximum atomic E-state index is 6.32. The lowest BCUT2D eigenvalue weighted by molar-refractivity contribution is 0.198. The molecule has 0 amide bonds. The van der Waals surface area contributed by atoms with E-state index in [1.807, 2.05) is 29.1 Å². The number of benzene rings is 1. The van der Waals surface area contributed by atoms with Gasteiger partial charge >= 0.3 is 0 Å². The molecular formula is C22H33N5O2. The molecule has 0 saturated heterocycles. The lowest BCUT2D eigenvalue weighted by Crippen LogP contribution is -2.38. The zero-order valence-electron chi connectivity index (χ0n) is 17.6. The number of guanidine groups is 1. The van der Waals surface area contributed by atoms with Gasteiger partial charge in [-0.15, -0.1) is 0 Å². The number of nitrogens with zero attached hydrogens (tertiary/aromatic N) is 3. The molecule has 0 aliphatic heterocycles. The number of ether oxygens (including phenoxy) is 2. The summed E-state index contributed by atoms with van der Waals surface area (Å²) in [4.78, 5) is 4.77. The number of methoxy groups -OCH3 is 1. The summed E-state index contributed by atoms with van der Waals surface area (Å²) in [6, 6.07) is 7.96. The molecule has 0 unspecified atom stereocenters. The quantitative estimate of drug-likeness (QED) is 0.364.